The maximum absolute atomic E-state index is 12.9. The Labute approximate surface area is 156 Å². The number of carbonyl (C=O) groups excluding carboxylic acids is 3. The number of ether oxygens (including phenoxy) is 1. The Morgan fingerprint density at radius 2 is 1.88 bits per heavy atom. The number of unbranched alkanes of at least 4 members (excludes halogenated alkanes) is 2. The van der Waals surface area contributed by atoms with Crippen molar-refractivity contribution in [3.63, 3.8) is 0 Å². The normalized spacial score (nSPS) is 20.7. The molecule has 0 saturated carbocycles. The number of halogens is 1. The second-order valence-corrected chi connectivity index (χ2v) is 7.10. The van der Waals surface area contributed by atoms with Crippen molar-refractivity contribution in [2.24, 2.45) is 5.92 Å². The summed E-state index contributed by atoms with van der Waals surface area (Å²) in [5.41, 5.74) is 0.802. The molecule has 1 fully saturated rings. The molecular formula is C19H24BrNO4. The predicted octanol–water partition coefficient (Wildman–Crippen LogP) is 3.66. The van der Waals surface area contributed by atoms with E-state index in [4.69, 9.17) is 4.74 Å². The van der Waals surface area contributed by atoms with Crippen LogP contribution in [0.2, 0.25) is 0 Å². The first-order valence-corrected chi connectivity index (χ1v) is 9.55. The standard InChI is InChI=1S/C19H24BrNO4/c1-3-5-6-11-21-16(22)12-15(13-7-9-14(20)10-8-13)17(18(21)23)19(24)25-4-2/h7-10,15,17H,3-6,11-12H2,1-2H3. The van der Waals surface area contributed by atoms with Gasteiger partial charge in [-0.25, -0.2) is 0 Å². The molecule has 2 unspecified atom stereocenters. The summed E-state index contributed by atoms with van der Waals surface area (Å²) in [6, 6.07) is 7.38. The monoisotopic (exact) mass is 409 g/mol. The average Bonchev–Trinajstić information content (AvgIpc) is 2.58. The molecule has 1 aliphatic heterocycles. The number of piperidine rings is 1. The van der Waals surface area contributed by atoms with Crippen LogP contribution in [-0.4, -0.2) is 35.8 Å². The fourth-order valence-electron chi connectivity index (χ4n) is 3.15. The highest BCUT2D eigenvalue weighted by Gasteiger charge is 2.46. The van der Waals surface area contributed by atoms with Crippen molar-refractivity contribution < 1.29 is 19.1 Å². The molecule has 1 aromatic rings. The molecule has 1 heterocycles. The maximum Gasteiger partial charge on any atom is 0.319 e. The third kappa shape index (κ3) is 4.69. The average molecular weight is 410 g/mol. The van der Waals surface area contributed by atoms with Gasteiger partial charge in [0.2, 0.25) is 11.8 Å². The lowest BCUT2D eigenvalue weighted by atomic mass is 9.79. The Kier molecular flexibility index (Phi) is 7.17. The quantitative estimate of drug-likeness (QED) is 0.298. The molecule has 2 rings (SSSR count). The number of likely N-dealkylation sites (tertiary alicyclic amines) is 1. The van der Waals surface area contributed by atoms with Crippen molar-refractivity contribution in [3.05, 3.63) is 34.3 Å². The van der Waals surface area contributed by atoms with Gasteiger partial charge in [-0.05, 0) is 31.0 Å². The third-order valence-corrected chi connectivity index (χ3v) is 4.98. The van der Waals surface area contributed by atoms with E-state index in [2.05, 4.69) is 22.9 Å². The van der Waals surface area contributed by atoms with Crippen LogP contribution in [0.1, 0.15) is 51.0 Å². The van der Waals surface area contributed by atoms with Gasteiger partial charge >= 0.3 is 5.97 Å². The molecule has 0 radical (unpaired) electrons. The summed E-state index contributed by atoms with van der Waals surface area (Å²) >= 11 is 3.37. The number of rotatable bonds is 7. The summed E-state index contributed by atoms with van der Waals surface area (Å²) in [6.07, 6.45) is 2.84. The second kappa shape index (κ2) is 9.13. The molecule has 2 amide bonds. The number of amides is 2. The van der Waals surface area contributed by atoms with Crippen molar-refractivity contribution in [1.82, 2.24) is 4.90 Å². The number of carbonyl (C=O) groups is 3. The summed E-state index contributed by atoms with van der Waals surface area (Å²) in [7, 11) is 0. The van der Waals surface area contributed by atoms with Gasteiger partial charge in [0.25, 0.3) is 0 Å². The molecule has 0 aromatic heterocycles. The van der Waals surface area contributed by atoms with Crippen LogP contribution in [0.5, 0.6) is 0 Å². The highest BCUT2D eigenvalue weighted by atomic mass is 79.9. The third-order valence-electron chi connectivity index (χ3n) is 4.45. The molecule has 0 spiro atoms. The zero-order valence-electron chi connectivity index (χ0n) is 14.7. The molecule has 5 nitrogen and oxygen atoms in total. The van der Waals surface area contributed by atoms with Crippen molar-refractivity contribution in [1.29, 1.82) is 0 Å². The molecule has 1 aromatic carbocycles. The Morgan fingerprint density at radius 1 is 1.20 bits per heavy atom. The molecule has 0 N–H and O–H groups in total. The summed E-state index contributed by atoms with van der Waals surface area (Å²) in [4.78, 5) is 39.1. The van der Waals surface area contributed by atoms with E-state index in [0.717, 1.165) is 29.3 Å². The van der Waals surface area contributed by atoms with Crippen LogP contribution in [0.15, 0.2) is 28.7 Å². The van der Waals surface area contributed by atoms with E-state index in [1.54, 1.807) is 6.92 Å². The first-order valence-electron chi connectivity index (χ1n) is 8.75. The van der Waals surface area contributed by atoms with E-state index >= 15 is 0 Å². The van der Waals surface area contributed by atoms with Crippen molar-refractivity contribution in [2.45, 2.75) is 45.4 Å². The van der Waals surface area contributed by atoms with Crippen LogP contribution >= 0.6 is 15.9 Å². The van der Waals surface area contributed by atoms with Gasteiger partial charge in [0, 0.05) is 23.4 Å². The number of benzene rings is 1. The van der Waals surface area contributed by atoms with Gasteiger partial charge in [-0.15, -0.1) is 0 Å². The fourth-order valence-corrected chi connectivity index (χ4v) is 3.42. The van der Waals surface area contributed by atoms with E-state index < -0.39 is 23.7 Å². The Morgan fingerprint density at radius 3 is 2.48 bits per heavy atom. The summed E-state index contributed by atoms with van der Waals surface area (Å²) in [5.74, 6) is -2.63. The number of hydrogen-bond acceptors (Lipinski definition) is 4. The fraction of sp³-hybridized carbons (Fsp3) is 0.526. The van der Waals surface area contributed by atoms with Crippen LogP contribution < -0.4 is 0 Å². The summed E-state index contributed by atoms with van der Waals surface area (Å²) < 4.78 is 6.03. The zero-order chi connectivity index (χ0) is 18.4. The van der Waals surface area contributed by atoms with Gasteiger partial charge in [-0.1, -0.05) is 47.8 Å². The van der Waals surface area contributed by atoms with Crippen LogP contribution in [-0.2, 0) is 19.1 Å². The molecule has 25 heavy (non-hydrogen) atoms. The number of nitrogens with zero attached hydrogens (tertiary/aromatic N) is 1. The molecule has 0 aliphatic carbocycles. The largest absolute Gasteiger partial charge is 0.465 e. The number of hydrogen-bond donors (Lipinski definition) is 0. The molecule has 136 valence electrons. The Balaban J connectivity index is 2.29. The van der Waals surface area contributed by atoms with Crippen LogP contribution in [0, 0.1) is 5.92 Å². The smallest absolute Gasteiger partial charge is 0.319 e. The molecule has 0 bridgehead atoms. The van der Waals surface area contributed by atoms with Gasteiger partial charge in [0.1, 0.15) is 5.92 Å². The minimum atomic E-state index is -0.958. The van der Waals surface area contributed by atoms with Crippen molar-refractivity contribution >= 4 is 33.7 Å². The molecule has 2 atom stereocenters. The first kappa shape index (κ1) is 19.6. The number of imide groups is 1. The van der Waals surface area contributed by atoms with Gasteiger partial charge in [0.15, 0.2) is 0 Å². The molecule has 1 aliphatic rings. The summed E-state index contributed by atoms with van der Waals surface area (Å²) in [6.45, 7) is 4.35. The van der Waals surface area contributed by atoms with E-state index in [1.807, 2.05) is 24.3 Å². The first-order chi connectivity index (χ1) is 12.0. The lowest BCUT2D eigenvalue weighted by molar-refractivity contribution is -0.163. The van der Waals surface area contributed by atoms with Gasteiger partial charge in [-0.3, -0.25) is 19.3 Å². The van der Waals surface area contributed by atoms with Gasteiger partial charge in [-0.2, -0.15) is 0 Å². The molecular weight excluding hydrogens is 386 g/mol. The minimum Gasteiger partial charge on any atom is -0.465 e. The minimum absolute atomic E-state index is 0.142. The van der Waals surface area contributed by atoms with Crippen LogP contribution in [0.3, 0.4) is 0 Å². The predicted molar refractivity (Wildman–Crippen MR) is 97.9 cm³/mol. The zero-order valence-corrected chi connectivity index (χ0v) is 16.3. The van der Waals surface area contributed by atoms with Crippen LogP contribution in [0.4, 0.5) is 0 Å². The Hall–Kier alpha value is -1.69. The van der Waals surface area contributed by atoms with E-state index in [1.165, 1.54) is 4.90 Å². The van der Waals surface area contributed by atoms with Crippen molar-refractivity contribution in [2.75, 3.05) is 13.2 Å². The number of esters is 1. The van der Waals surface area contributed by atoms with Gasteiger partial charge < -0.3 is 4.74 Å². The summed E-state index contributed by atoms with van der Waals surface area (Å²) in [5, 5.41) is 0. The van der Waals surface area contributed by atoms with Crippen molar-refractivity contribution in [3.8, 4) is 0 Å². The highest BCUT2D eigenvalue weighted by molar-refractivity contribution is 9.10. The molecule has 1 saturated heterocycles. The highest BCUT2D eigenvalue weighted by Crippen LogP contribution is 2.36. The van der Waals surface area contributed by atoms with E-state index in [0.29, 0.717) is 6.54 Å². The Bertz CT molecular complexity index is 629. The lowest BCUT2D eigenvalue weighted by Gasteiger charge is -2.35. The van der Waals surface area contributed by atoms with E-state index in [9.17, 15) is 14.4 Å². The lowest BCUT2D eigenvalue weighted by Crippen LogP contribution is -2.51. The van der Waals surface area contributed by atoms with Gasteiger partial charge in [0.05, 0.1) is 6.61 Å². The molecule has 6 heteroatoms. The van der Waals surface area contributed by atoms with E-state index in [-0.39, 0.29) is 18.9 Å². The maximum atomic E-state index is 12.9. The second-order valence-electron chi connectivity index (χ2n) is 6.18. The SMILES string of the molecule is CCCCCN1C(=O)CC(c2ccc(Br)cc2)C(C(=O)OCC)C1=O. The topological polar surface area (TPSA) is 63.7 Å². The van der Waals surface area contributed by atoms with Crippen LogP contribution in [0.25, 0.3) is 0 Å².